The molecule has 0 aromatic heterocycles. The van der Waals surface area contributed by atoms with Crippen LogP contribution in [0, 0.1) is 23.7 Å². The van der Waals surface area contributed by atoms with E-state index in [1.165, 1.54) is 12.8 Å². The highest BCUT2D eigenvalue weighted by atomic mass is 16.5. The van der Waals surface area contributed by atoms with E-state index in [1.54, 1.807) is 0 Å². The summed E-state index contributed by atoms with van der Waals surface area (Å²) in [5.74, 6) is 2.77. The van der Waals surface area contributed by atoms with Crippen molar-refractivity contribution >= 4 is 5.97 Å². The first-order valence-corrected chi connectivity index (χ1v) is 6.01. The second kappa shape index (κ2) is 3.92. The van der Waals surface area contributed by atoms with Gasteiger partial charge in [-0.15, -0.1) is 0 Å². The molecule has 0 spiro atoms. The summed E-state index contributed by atoms with van der Waals surface area (Å²) in [4.78, 5) is 11.4. The highest BCUT2D eigenvalue weighted by Gasteiger charge is 2.50. The van der Waals surface area contributed by atoms with Crippen LogP contribution in [0.25, 0.3) is 0 Å². The first kappa shape index (κ1) is 10.0. The number of carbonyl (C=O) groups is 1. The third-order valence-corrected chi connectivity index (χ3v) is 3.99. The highest BCUT2D eigenvalue weighted by molar-refractivity contribution is 5.73. The summed E-state index contributed by atoms with van der Waals surface area (Å²) in [6, 6.07) is 0. The standard InChI is InChI=1S/C10H14O2.C2H6/c11-10-9-5-6-3-7(1-2-12-10)8(9)4-6;1-2/h6-9H,1-5H2;1-2H3. The van der Waals surface area contributed by atoms with E-state index in [9.17, 15) is 4.79 Å². The second-order valence-electron chi connectivity index (χ2n) is 4.56. The SMILES string of the molecule is CC.O=C1OCCC2CC3CC1C2C3. The molecule has 2 heteroatoms. The lowest BCUT2D eigenvalue weighted by atomic mass is 9.80. The largest absolute Gasteiger partial charge is 0.465 e. The van der Waals surface area contributed by atoms with E-state index >= 15 is 0 Å². The molecule has 3 aliphatic rings. The molecule has 4 atom stereocenters. The van der Waals surface area contributed by atoms with E-state index in [4.69, 9.17) is 4.74 Å². The minimum atomic E-state index is 0.102. The molecule has 14 heavy (non-hydrogen) atoms. The van der Waals surface area contributed by atoms with Gasteiger partial charge in [-0.2, -0.15) is 0 Å². The van der Waals surface area contributed by atoms with Crippen molar-refractivity contribution in [3.05, 3.63) is 0 Å². The van der Waals surface area contributed by atoms with Crippen LogP contribution in [-0.2, 0) is 9.53 Å². The van der Waals surface area contributed by atoms with Crippen molar-refractivity contribution in [1.82, 2.24) is 0 Å². The molecule has 1 aliphatic heterocycles. The minimum absolute atomic E-state index is 0.102. The molecule has 3 rings (SSSR count). The van der Waals surface area contributed by atoms with Crippen LogP contribution in [0.4, 0.5) is 0 Å². The maximum absolute atomic E-state index is 11.4. The number of carbonyl (C=O) groups excluding carboxylic acids is 1. The van der Waals surface area contributed by atoms with E-state index in [0.717, 1.165) is 24.7 Å². The van der Waals surface area contributed by atoms with Crippen molar-refractivity contribution < 1.29 is 9.53 Å². The monoisotopic (exact) mass is 196 g/mol. The highest BCUT2D eigenvalue weighted by Crippen LogP contribution is 2.54. The van der Waals surface area contributed by atoms with Crippen LogP contribution in [0.1, 0.15) is 39.5 Å². The first-order valence-electron chi connectivity index (χ1n) is 6.01. The average molecular weight is 196 g/mol. The Morgan fingerprint density at radius 1 is 1.21 bits per heavy atom. The Kier molecular flexibility index (Phi) is 2.80. The van der Waals surface area contributed by atoms with Crippen molar-refractivity contribution in [2.75, 3.05) is 6.61 Å². The summed E-state index contributed by atoms with van der Waals surface area (Å²) in [5.41, 5.74) is 0. The smallest absolute Gasteiger partial charge is 0.309 e. The molecule has 0 aromatic carbocycles. The summed E-state index contributed by atoms with van der Waals surface area (Å²) in [6.07, 6.45) is 4.94. The number of cyclic esters (lactones) is 1. The van der Waals surface area contributed by atoms with Gasteiger partial charge in [0.2, 0.25) is 0 Å². The van der Waals surface area contributed by atoms with Crippen LogP contribution >= 0.6 is 0 Å². The number of hydrogen-bond donors (Lipinski definition) is 0. The predicted molar refractivity (Wildman–Crippen MR) is 54.7 cm³/mol. The Morgan fingerprint density at radius 3 is 2.71 bits per heavy atom. The molecule has 2 bridgehead atoms. The zero-order chi connectivity index (χ0) is 10.1. The summed E-state index contributed by atoms with van der Waals surface area (Å²) in [7, 11) is 0. The van der Waals surface area contributed by atoms with Gasteiger partial charge in [0.1, 0.15) is 0 Å². The lowest BCUT2D eigenvalue weighted by Gasteiger charge is -2.23. The van der Waals surface area contributed by atoms with Crippen LogP contribution in [0.2, 0.25) is 0 Å². The van der Waals surface area contributed by atoms with Crippen molar-refractivity contribution in [3.8, 4) is 0 Å². The normalized spacial score (nSPS) is 43.7. The molecule has 3 fully saturated rings. The molecular weight excluding hydrogens is 176 g/mol. The van der Waals surface area contributed by atoms with Crippen LogP contribution in [0.15, 0.2) is 0 Å². The molecule has 0 N–H and O–H groups in total. The maximum Gasteiger partial charge on any atom is 0.309 e. The van der Waals surface area contributed by atoms with Crippen molar-refractivity contribution in [3.63, 3.8) is 0 Å². The Morgan fingerprint density at radius 2 is 2.00 bits per heavy atom. The van der Waals surface area contributed by atoms with Crippen molar-refractivity contribution in [2.24, 2.45) is 23.7 Å². The molecule has 1 saturated heterocycles. The van der Waals surface area contributed by atoms with Crippen molar-refractivity contribution in [2.45, 2.75) is 39.5 Å². The molecule has 2 saturated carbocycles. The molecule has 2 aliphatic carbocycles. The number of fused-ring (bicyclic) bond motifs is 1. The van der Waals surface area contributed by atoms with Gasteiger partial charge in [0.05, 0.1) is 12.5 Å². The van der Waals surface area contributed by atoms with Crippen molar-refractivity contribution in [1.29, 1.82) is 0 Å². The van der Waals surface area contributed by atoms with Gasteiger partial charge < -0.3 is 4.74 Å². The third kappa shape index (κ3) is 1.45. The Bertz CT molecular complexity index is 224. The van der Waals surface area contributed by atoms with Crippen LogP contribution in [0.5, 0.6) is 0 Å². The first-order chi connectivity index (χ1) is 6.84. The minimum Gasteiger partial charge on any atom is -0.465 e. The molecule has 0 amide bonds. The van der Waals surface area contributed by atoms with Gasteiger partial charge in [0.15, 0.2) is 0 Å². The lowest BCUT2D eigenvalue weighted by molar-refractivity contribution is -0.148. The van der Waals surface area contributed by atoms with Gasteiger partial charge in [-0.1, -0.05) is 13.8 Å². The Labute approximate surface area is 86.0 Å². The molecular formula is C12H20O2. The zero-order valence-electron chi connectivity index (χ0n) is 9.16. The molecule has 80 valence electrons. The molecule has 0 aromatic rings. The van der Waals surface area contributed by atoms with Gasteiger partial charge in [0, 0.05) is 0 Å². The topological polar surface area (TPSA) is 26.3 Å². The van der Waals surface area contributed by atoms with Gasteiger partial charge in [-0.3, -0.25) is 4.79 Å². The van der Waals surface area contributed by atoms with Crippen LogP contribution < -0.4 is 0 Å². The molecule has 0 radical (unpaired) electrons. The summed E-state index contributed by atoms with van der Waals surface area (Å²) in [6.45, 7) is 4.68. The van der Waals surface area contributed by atoms with Crippen LogP contribution in [0.3, 0.4) is 0 Å². The zero-order valence-corrected chi connectivity index (χ0v) is 9.16. The van der Waals surface area contributed by atoms with E-state index in [1.807, 2.05) is 13.8 Å². The van der Waals surface area contributed by atoms with Gasteiger partial charge >= 0.3 is 5.97 Å². The fourth-order valence-electron chi connectivity index (χ4n) is 3.52. The average Bonchev–Trinajstić information content (AvgIpc) is 2.78. The Hall–Kier alpha value is -0.530. The second-order valence-corrected chi connectivity index (χ2v) is 4.56. The van der Waals surface area contributed by atoms with Gasteiger partial charge in [0.25, 0.3) is 0 Å². The summed E-state index contributed by atoms with van der Waals surface area (Å²) in [5, 5.41) is 0. The number of rotatable bonds is 0. The quantitative estimate of drug-likeness (QED) is 0.557. The van der Waals surface area contributed by atoms with E-state index in [2.05, 4.69) is 0 Å². The van der Waals surface area contributed by atoms with E-state index in [0.29, 0.717) is 12.5 Å². The fourth-order valence-corrected chi connectivity index (χ4v) is 3.52. The Balaban J connectivity index is 0.000000354. The van der Waals surface area contributed by atoms with Gasteiger partial charge in [-0.25, -0.2) is 0 Å². The predicted octanol–water partition coefficient (Wildman–Crippen LogP) is 2.62. The molecule has 1 heterocycles. The fraction of sp³-hybridized carbons (Fsp3) is 0.917. The number of ether oxygens (including phenoxy) is 1. The molecule has 2 nitrogen and oxygen atoms in total. The van der Waals surface area contributed by atoms with Crippen LogP contribution in [-0.4, -0.2) is 12.6 Å². The van der Waals surface area contributed by atoms with Gasteiger partial charge in [-0.05, 0) is 43.4 Å². The van der Waals surface area contributed by atoms with E-state index in [-0.39, 0.29) is 11.9 Å². The third-order valence-electron chi connectivity index (χ3n) is 3.99. The number of esters is 1. The number of hydrogen-bond acceptors (Lipinski definition) is 2. The van der Waals surface area contributed by atoms with E-state index < -0.39 is 0 Å². The summed E-state index contributed by atoms with van der Waals surface area (Å²) < 4.78 is 5.17. The summed E-state index contributed by atoms with van der Waals surface area (Å²) >= 11 is 0. The maximum atomic E-state index is 11.4. The lowest BCUT2D eigenvalue weighted by Crippen LogP contribution is -2.24. The molecule has 4 unspecified atom stereocenters.